The van der Waals surface area contributed by atoms with Gasteiger partial charge in [-0.2, -0.15) is 0 Å². The van der Waals surface area contributed by atoms with E-state index in [-0.39, 0.29) is 10.0 Å². The van der Waals surface area contributed by atoms with Gasteiger partial charge in [-0.3, -0.25) is 0 Å². The van der Waals surface area contributed by atoms with Crippen molar-refractivity contribution in [1.29, 1.82) is 0 Å². The molecule has 96 valence electrons. The Balaban J connectivity index is 2.46. The highest BCUT2D eigenvalue weighted by atomic mass is 79.9. The van der Waals surface area contributed by atoms with Gasteiger partial charge in [-0.1, -0.05) is 0 Å². The van der Waals surface area contributed by atoms with Gasteiger partial charge < -0.3 is 10.5 Å². The Morgan fingerprint density at radius 2 is 2.06 bits per heavy atom. The molecule has 2 rings (SSSR count). The predicted molar refractivity (Wildman–Crippen MR) is 71.0 cm³/mol. The third-order valence-corrected chi connectivity index (χ3v) is 4.12. The van der Waals surface area contributed by atoms with Gasteiger partial charge in [0.1, 0.15) is 17.4 Å². The number of rotatable bonds is 3. The molecular weight excluding hydrogens is 324 g/mol. The van der Waals surface area contributed by atoms with Gasteiger partial charge in [0.2, 0.25) is 0 Å². The van der Waals surface area contributed by atoms with Gasteiger partial charge in [0.25, 0.3) is 0 Å². The molecule has 0 saturated heterocycles. The van der Waals surface area contributed by atoms with Crippen molar-refractivity contribution in [2.45, 2.75) is 6.04 Å². The van der Waals surface area contributed by atoms with Crippen LogP contribution in [-0.2, 0) is 0 Å². The molecule has 0 aliphatic carbocycles. The summed E-state index contributed by atoms with van der Waals surface area (Å²) in [4.78, 5) is 0.665. The number of hydrogen-bond donors (Lipinski definition) is 1. The third-order valence-electron chi connectivity index (χ3n) is 2.53. The predicted octanol–water partition coefficient (Wildman–Crippen LogP) is 3.85. The number of thiophene rings is 1. The molecule has 0 aliphatic rings. The van der Waals surface area contributed by atoms with Gasteiger partial charge in [0, 0.05) is 5.56 Å². The molecule has 2 aromatic rings. The summed E-state index contributed by atoms with van der Waals surface area (Å²) in [5.41, 5.74) is 6.07. The Kier molecular flexibility index (Phi) is 3.99. The molecule has 0 fully saturated rings. The Morgan fingerprint density at radius 3 is 2.72 bits per heavy atom. The summed E-state index contributed by atoms with van der Waals surface area (Å²) in [7, 11) is 1.51. The van der Waals surface area contributed by atoms with Gasteiger partial charge >= 0.3 is 0 Å². The highest BCUT2D eigenvalue weighted by Gasteiger charge is 2.20. The van der Waals surface area contributed by atoms with E-state index in [1.165, 1.54) is 18.4 Å². The lowest BCUT2D eigenvalue weighted by Gasteiger charge is -2.13. The summed E-state index contributed by atoms with van der Waals surface area (Å²) in [5.74, 6) is -0.515. The molecule has 0 bridgehead atoms. The lowest BCUT2D eigenvalue weighted by Crippen LogP contribution is -2.13. The molecule has 1 aromatic carbocycles. The van der Waals surface area contributed by atoms with Crippen LogP contribution in [0.25, 0.3) is 0 Å². The SMILES string of the molecule is COc1ccsc1C(N)c1cc(F)c(Br)cc1F. The van der Waals surface area contributed by atoms with Gasteiger partial charge in [0.15, 0.2) is 0 Å². The fourth-order valence-corrected chi connectivity index (χ4v) is 2.82. The smallest absolute Gasteiger partial charge is 0.137 e. The summed E-state index contributed by atoms with van der Waals surface area (Å²) in [5, 5.41) is 1.79. The molecule has 0 saturated carbocycles. The van der Waals surface area contributed by atoms with Crippen LogP contribution in [0.1, 0.15) is 16.5 Å². The van der Waals surface area contributed by atoms with Crippen molar-refractivity contribution < 1.29 is 13.5 Å². The molecule has 18 heavy (non-hydrogen) atoms. The molecule has 1 unspecified atom stereocenters. The van der Waals surface area contributed by atoms with E-state index >= 15 is 0 Å². The largest absolute Gasteiger partial charge is 0.496 e. The summed E-state index contributed by atoms with van der Waals surface area (Å²) >= 11 is 4.27. The van der Waals surface area contributed by atoms with Crippen LogP contribution in [0.2, 0.25) is 0 Å². The third kappa shape index (κ3) is 2.41. The van der Waals surface area contributed by atoms with Crippen LogP contribution in [0.15, 0.2) is 28.1 Å². The lowest BCUT2D eigenvalue weighted by atomic mass is 10.1. The molecule has 2 nitrogen and oxygen atoms in total. The molecular formula is C12H10BrF2NOS. The second-order valence-electron chi connectivity index (χ2n) is 3.62. The van der Waals surface area contributed by atoms with Crippen LogP contribution in [0.5, 0.6) is 5.75 Å². The zero-order valence-corrected chi connectivity index (χ0v) is 11.8. The molecule has 2 N–H and O–H groups in total. The van der Waals surface area contributed by atoms with E-state index in [9.17, 15) is 8.78 Å². The molecule has 0 aliphatic heterocycles. The summed E-state index contributed by atoms with van der Waals surface area (Å²) in [6.07, 6.45) is 0. The first-order chi connectivity index (χ1) is 8.54. The first-order valence-electron chi connectivity index (χ1n) is 5.06. The van der Waals surface area contributed by atoms with Crippen molar-refractivity contribution in [3.8, 4) is 5.75 Å². The number of benzene rings is 1. The minimum atomic E-state index is -0.748. The average molecular weight is 334 g/mol. The molecule has 1 heterocycles. The molecule has 0 amide bonds. The zero-order chi connectivity index (χ0) is 13.3. The molecule has 0 radical (unpaired) electrons. The van der Waals surface area contributed by atoms with Crippen molar-refractivity contribution >= 4 is 27.3 Å². The molecule has 1 atom stereocenters. The monoisotopic (exact) mass is 333 g/mol. The van der Waals surface area contributed by atoms with Crippen LogP contribution in [0, 0.1) is 11.6 Å². The Hall–Kier alpha value is -0.980. The number of hydrogen-bond acceptors (Lipinski definition) is 3. The molecule has 6 heteroatoms. The van der Waals surface area contributed by atoms with E-state index in [0.717, 1.165) is 12.1 Å². The van der Waals surface area contributed by atoms with Crippen molar-refractivity contribution in [2.75, 3.05) is 7.11 Å². The highest BCUT2D eigenvalue weighted by Crippen LogP contribution is 2.35. The molecule has 1 aromatic heterocycles. The summed E-state index contributed by atoms with van der Waals surface area (Å²) in [6, 6.07) is 3.17. The van der Waals surface area contributed by atoms with E-state index in [1.54, 1.807) is 11.4 Å². The number of methoxy groups -OCH3 is 1. The number of halogens is 3. The minimum Gasteiger partial charge on any atom is -0.496 e. The maximum Gasteiger partial charge on any atom is 0.137 e. The van der Waals surface area contributed by atoms with Crippen molar-refractivity contribution in [3.05, 3.63) is 50.1 Å². The Bertz CT molecular complexity index is 573. The Morgan fingerprint density at radius 1 is 1.33 bits per heavy atom. The highest BCUT2D eigenvalue weighted by molar-refractivity contribution is 9.10. The fraction of sp³-hybridized carbons (Fsp3) is 0.167. The minimum absolute atomic E-state index is 0.0779. The first-order valence-corrected chi connectivity index (χ1v) is 6.73. The van der Waals surface area contributed by atoms with Crippen LogP contribution in [-0.4, -0.2) is 7.11 Å². The van der Waals surface area contributed by atoms with E-state index in [1.807, 2.05) is 0 Å². The summed E-state index contributed by atoms with van der Waals surface area (Å²) in [6.45, 7) is 0. The van der Waals surface area contributed by atoms with Gasteiger partial charge in [-0.05, 0) is 39.5 Å². The number of ether oxygens (including phenoxy) is 1. The zero-order valence-electron chi connectivity index (χ0n) is 9.41. The van der Waals surface area contributed by atoms with Crippen LogP contribution < -0.4 is 10.5 Å². The number of nitrogens with two attached hydrogens (primary N) is 1. The van der Waals surface area contributed by atoms with E-state index in [4.69, 9.17) is 10.5 Å². The lowest BCUT2D eigenvalue weighted by molar-refractivity contribution is 0.410. The topological polar surface area (TPSA) is 35.2 Å². The average Bonchev–Trinajstić information content (AvgIpc) is 2.81. The van der Waals surface area contributed by atoms with Crippen molar-refractivity contribution in [1.82, 2.24) is 0 Å². The van der Waals surface area contributed by atoms with E-state index in [2.05, 4.69) is 15.9 Å². The van der Waals surface area contributed by atoms with Crippen LogP contribution in [0.4, 0.5) is 8.78 Å². The summed E-state index contributed by atoms with van der Waals surface area (Å²) < 4.78 is 32.4. The van der Waals surface area contributed by atoms with Crippen LogP contribution in [0.3, 0.4) is 0 Å². The second kappa shape index (κ2) is 5.34. The van der Waals surface area contributed by atoms with Crippen molar-refractivity contribution in [2.24, 2.45) is 5.73 Å². The van der Waals surface area contributed by atoms with Crippen molar-refractivity contribution in [3.63, 3.8) is 0 Å². The maximum atomic E-state index is 13.8. The van der Waals surface area contributed by atoms with Gasteiger partial charge in [-0.15, -0.1) is 11.3 Å². The standard InChI is InChI=1S/C12H10BrF2NOS/c1-17-10-2-3-18-12(10)11(16)6-4-9(15)7(13)5-8(6)14/h2-5,11H,16H2,1H3. The Labute approximate surface area is 116 Å². The molecule has 0 spiro atoms. The van der Waals surface area contributed by atoms with Crippen LogP contribution >= 0.6 is 27.3 Å². The van der Waals surface area contributed by atoms with Gasteiger partial charge in [0.05, 0.1) is 22.5 Å². The van der Waals surface area contributed by atoms with E-state index < -0.39 is 17.7 Å². The normalized spacial score (nSPS) is 12.5. The van der Waals surface area contributed by atoms with E-state index in [0.29, 0.717) is 10.6 Å². The first kappa shape index (κ1) is 13.5. The quantitative estimate of drug-likeness (QED) is 0.866. The second-order valence-corrected chi connectivity index (χ2v) is 5.42. The maximum absolute atomic E-state index is 13.8. The fourth-order valence-electron chi connectivity index (χ4n) is 1.62. The van der Waals surface area contributed by atoms with Gasteiger partial charge in [-0.25, -0.2) is 8.78 Å².